The van der Waals surface area contributed by atoms with Crippen molar-refractivity contribution in [2.75, 3.05) is 11.4 Å². The van der Waals surface area contributed by atoms with E-state index in [0.29, 0.717) is 47.9 Å². The minimum atomic E-state index is -0.979. The molecule has 7 rings (SSSR count). The average molecular weight is 640 g/mol. The summed E-state index contributed by atoms with van der Waals surface area (Å²) >= 11 is 6.57. The molecule has 0 radical (unpaired) electrons. The van der Waals surface area contributed by atoms with Crippen LogP contribution in [0.1, 0.15) is 61.4 Å². The van der Waals surface area contributed by atoms with Crippen LogP contribution in [-0.4, -0.2) is 44.3 Å². The number of aromatic amines is 3. The van der Waals surface area contributed by atoms with Gasteiger partial charge in [0.25, 0.3) is 0 Å². The summed E-state index contributed by atoms with van der Waals surface area (Å²) in [6.07, 6.45) is 5.63. The first-order chi connectivity index (χ1) is 22.2. The third kappa shape index (κ3) is 5.83. The van der Waals surface area contributed by atoms with Crippen LogP contribution in [0.15, 0.2) is 53.3 Å². The fraction of sp³-hybridized carbons (Fsp3) is 0.371. The molecule has 7 N–H and O–H groups in total. The van der Waals surface area contributed by atoms with E-state index < -0.39 is 17.6 Å². The van der Waals surface area contributed by atoms with Gasteiger partial charge in [-0.25, -0.2) is 9.78 Å². The zero-order valence-electron chi connectivity index (χ0n) is 25.7. The molecule has 11 heteroatoms. The Kier molecular flexibility index (Phi) is 7.94. The van der Waals surface area contributed by atoms with Crippen molar-refractivity contribution in [3.8, 4) is 11.1 Å². The van der Waals surface area contributed by atoms with E-state index in [1.165, 1.54) is 17.7 Å². The summed E-state index contributed by atoms with van der Waals surface area (Å²) in [7, 11) is 0. The Morgan fingerprint density at radius 1 is 0.978 bits per heavy atom. The summed E-state index contributed by atoms with van der Waals surface area (Å²) in [6.45, 7) is 2.68. The third-order valence-corrected chi connectivity index (χ3v) is 10.0. The number of benzene rings is 3. The number of rotatable bonds is 9. The summed E-state index contributed by atoms with van der Waals surface area (Å²) in [4.78, 5) is 54.7. The summed E-state index contributed by atoms with van der Waals surface area (Å²) in [5, 5.41) is 0.261. The number of nitrogens with zero attached hydrogens (tertiary/aromatic N) is 2. The van der Waals surface area contributed by atoms with Crippen LogP contribution in [-0.2, 0) is 16.0 Å². The van der Waals surface area contributed by atoms with Gasteiger partial charge in [-0.05, 0) is 104 Å². The van der Waals surface area contributed by atoms with E-state index in [1.54, 1.807) is 12.1 Å². The lowest BCUT2D eigenvalue weighted by atomic mass is 9.81. The lowest BCUT2D eigenvalue weighted by molar-refractivity contribution is -0.127. The Balaban J connectivity index is 1.20. The smallest absolute Gasteiger partial charge is 0.323 e. The molecule has 238 valence electrons. The highest BCUT2D eigenvalue weighted by atomic mass is 35.5. The molecule has 2 heterocycles. The molecule has 0 aliphatic heterocycles. The molecule has 1 atom stereocenters. The maximum atomic E-state index is 14.3. The number of aryl methyl sites for hydroxylation is 1. The highest BCUT2D eigenvalue weighted by molar-refractivity contribution is 6.35. The van der Waals surface area contributed by atoms with Crippen molar-refractivity contribution in [2.45, 2.75) is 63.8 Å². The zero-order valence-corrected chi connectivity index (χ0v) is 26.5. The Hall–Kier alpha value is -4.41. The standard InChI is InChI=1S/C35H38ClN7O3/c1-18-12-27-28(40-33(39-27)22-10-11-22)16-25(18)21-6-2-19(3-7-21)13-30(32(38)44)43(34(45)23-8-4-20(17-37)5-9-23)24-14-26(36)31-29(15-24)41-35(46)42-31/h2-3,6-7,12,14-16,20,22-23,30H,4-5,8-11,13,17,37H2,1H3,(H2,38,44)(H,39,40)(H2,41,42,46)/t20?,23?,30-/m0/s1. The van der Waals surface area contributed by atoms with Gasteiger partial charge in [-0.3, -0.25) is 14.5 Å². The van der Waals surface area contributed by atoms with Crippen LogP contribution in [0.3, 0.4) is 0 Å². The topological polar surface area (TPSA) is 167 Å². The van der Waals surface area contributed by atoms with Crippen LogP contribution in [0.25, 0.3) is 33.2 Å². The number of carbonyl (C=O) groups is 2. The SMILES string of the molecule is Cc1cc2[nH]c(C3CC3)nc2cc1-c1ccc(C[C@@H](C(N)=O)N(C(=O)C2CCC(CN)CC2)c2cc(Cl)c3[nH]c(=O)[nH]c3c2)cc1. The molecule has 10 nitrogen and oxygen atoms in total. The largest absolute Gasteiger partial charge is 0.368 e. The number of amides is 2. The van der Waals surface area contributed by atoms with Gasteiger partial charge in [-0.1, -0.05) is 35.9 Å². The number of fused-ring (bicyclic) bond motifs is 2. The van der Waals surface area contributed by atoms with Gasteiger partial charge in [0.2, 0.25) is 11.8 Å². The van der Waals surface area contributed by atoms with Crippen LogP contribution in [0.5, 0.6) is 0 Å². The molecular formula is C35H38ClN7O3. The van der Waals surface area contributed by atoms with Crippen LogP contribution in [0.2, 0.25) is 5.02 Å². The molecule has 3 aromatic carbocycles. The van der Waals surface area contributed by atoms with E-state index in [-0.39, 0.29) is 23.3 Å². The molecule has 2 aromatic heterocycles. The van der Waals surface area contributed by atoms with Crippen LogP contribution < -0.4 is 22.1 Å². The van der Waals surface area contributed by atoms with E-state index in [9.17, 15) is 14.4 Å². The maximum Gasteiger partial charge on any atom is 0.323 e. The predicted molar refractivity (Wildman–Crippen MR) is 181 cm³/mol. The maximum absolute atomic E-state index is 14.3. The first kappa shape index (κ1) is 30.3. The quantitative estimate of drug-likeness (QED) is 0.145. The number of anilines is 1. The van der Waals surface area contributed by atoms with Gasteiger partial charge < -0.3 is 26.4 Å². The fourth-order valence-electron chi connectivity index (χ4n) is 6.94. The molecular weight excluding hydrogens is 602 g/mol. The Morgan fingerprint density at radius 2 is 1.72 bits per heavy atom. The predicted octanol–water partition coefficient (Wildman–Crippen LogP) is 5.43. The number of H-pyrrole nitrogens is 3. The van der Waals surface area contributed by atoms with Crippen molar-refractivity contribution in [3.63, 3.8) is 0 Å². The molecule has 2 aliphatic rings. The fourth-order valence-corrected chi connectivity index (χ4v) is 7.20. The van der Waals surface area contributed by atoms with E-state index in [4.69, 9.17) is 28.1 Å². The molecule has 2 saturated carbocycles. The molecule has 2 aliphatic carbocycles. The Labute approximate surface area is 270 Å². The highest BCUT2D eigenvalue weighted by Crippen LogP contribution is 2.40. The number of hydrogen-bond donors (Lipinski definition) is 5. The molecule has 5 aromatic rings. The normalized spacial score (nSPS) is 19.0. The molecule has 2 fully saturated rings. The van der Waals surface area contributed by atoms with Crippen molar-refractivity contribution in [1.82, 2.24) is 19.9 Å². The minimum Gasteiger partial charge on any atom is -0.368 e. The van der Waals surface area contributed by atoms with Crippen LogP contribution in [0, 0.1) is 18.8 Å². The van der Waals surface area contributed by atoms with E-state index in [1.807, 2.05) is 24.3 Å². The molecule has 0 unspecified atom stereocenters. The van der Waals surface area contributed by atoms with Gasteiger partial charge in [0.15, 0.2) is 0 Å². The number of nitrogens with one attached hydrogen (secondary N) is 3. The average Bonchev–Trinajstić information content (AvgIpc) is 3.70. The summed E-state index contributed by atoms with van der Waals surface area (Å²) in [5.41, 5.74) is 19.0. The van der Waals surface area contributed by atoms with E-state index in [0.717, 1.165) is 52.0 Å². The van der Waals surface area contributed by atoms with Gasteiger partial charge in [0.1, 0.15) is 11.9 Å². The number of aromatic nitrogens is 4. The molecule has 0 saturated heterocycles. The van der Waals surface area contributed by atoms with Gasteiger partial charge in [-0.15, -0.1) is 0 Å². The van der Waals surface area contributed by atoms with Crippen molar-refractivity contribution in [3.05, 3.63) is 81.0 Å². The lowest BCUT2D eigenvalue weighted by Crippen LogP contribution is -2.52. The molecule has 2 amide bonds. The van der Waals surface area contributed by atoms with Gasteiger partial charge >= 0.3 is 5.69 Å². The second kappa shape index (κ2) is 12.1. The molecule has 0 bridgehead atoms. The third-order valence-electron chi connectivity index (χ3n) is 9.75. The number of imidazole rings is 2. The van der Waals surface area contributed by atoms with Crippen LogP contribution in [0.4, 0.5) is 5.69 Å². The van der Waals surface area contributed by atoms with Crippen molar-refractivity contribution in [2.24, 2.45) is 23.3 Å². The Morgan fingerprint density at radius 3 is 2.39 bits per heavy atom. The monoisotopic (exact) mass is 639 g/mol. The minimum absolute atomic E-state index is 0.183. The number of primary amides is 1. The second-order valence-electron chi connectivity index (χ2n) is 13.0. The van der Waals surface area contributed by atoms with E-state index >= 15 is 0 Å². The molecule has 46 heavy (non-hydrogen) atoms. The lowest BCUT2D eigenvalue weighted by Gasteiger charge is -2.35. The first-order valence-electron chi connectivity index (χ1n) is 16.0. The number of carbonyl (C=O) groups excluding carboxylic acids is 2. The van der Waals surface area contributed by atoms with Crippen LogP contribution >= 0.6 is 11.6 Å². The second-order valence-corrected chi connectivity index (χ2v) is 13.4. The Bertz CT molecular complexity index is 2000. The molecule has 0 spiro atoms. The number of halogens is 1. The van der Waals surface area contributed by atoms with Crippen molar-refractivity contribution < 1.29 is 9.59 Å². The summed E-state index contributed by atoms with van der Waals surface area (Å²) in [6, 6.07) is 14.6. The zero-order chi connectivity index (χ0) is 32.1. The highest BCUT2D eigenvalue weighted by Gasteiger charge is 2.36. The van der Waals surface area contributed by atoms with Gasteiger partial charge in [0, 0.05) is 23.9 Å². The van der Waals surface area contributed by atoms with Crippen molar-refractivity contribution >= 4 is 51.2 Å². The number of hydrogen-bond acceptors (Lipinski definition) is 5. The first-order valence-corrected chi connectivity index (χ1v) is 16.4. The number of nitrogens with two attached hydrogens (primary N) is 2. The summed E-state index contributed by atoms with van der Waals surface area (Å²) < 4.78 is 0. The van der Waals surface area contributed by atoms with E-state index in [2.05, 4.69) is 34.0 Å². The van der Waals surface area contributed by atoms with Gasteiger partial charge in [-0.2, -0.15) is 0 Å². The van der Waals surface area contributed by atoms with Crippen molar-refractivity contribution in [1.29, 1.82) is 0 Å². The summed E-state index contributed by atoms with van der Waals surface area (Å²) in [5.74, 6) is 0.901. The van der Waals surface area contributed by atoms with Gasteiger partial charge in [0.05, 0.1) is 27.1 Å².